The molecule has 1 aliphatic rings. The number of unbranched alkanes of at least 4 members (excludes halogenated alkanes) is 3. The van der Waals surface area contributed by atoms with Crippen LogP contribution in [0, 0.1) is 28.1 Å². The third-order valence-corrected chi connectivity index (χ3v) is 22.3. The van der Waals surface area contributed by atoms with Crippen LogP contribution in [0.5, 0.6) is 0 Å². The van der Waals surface area contributed by atoms with Crippen LogP contribution < -0.4 is 135 Å². The highest BCUT2D eigenvalue weighted by Gasteiger charge is 2.43. The molecule has 16 atom stereocenters. The first-order valence-electron chi connectivity index (χ1n) is 47.2. The van der Waals surface area contributed by atoms with Gasteiger partial charge in [-0.2, -0.15) is 0 Å². The Hall–Kier alpha value is -12.9. The molecule has 138 heavy (non-hydrogen) atoms. The van der Waals surface area contributed by atoms with E-state index in [1.165, 1.54) is 20.8 Å². The molecule has 0 radical (unpaired) electrons. The molecule has 776 valence electrons. The molecule has 0 saturated heterocycles. The Balaban J connectivity index is 2.74. The van der Waals surface area contributed by atoms with Gasteiger partial charge in [0.25, 0.3) is 0 Å². The first-order chi connectivity index (χ1) is 65.2. The molecule has 0 spiro atoms. The van der Waals surface area contributed by atoms with Gasteiger partial charge in [-0.1, -0.05) is 89.9 Å². The number of carboxylic acids is 1. The van der Waals surface area contributed by atoms with Crippen LogP contribution in [0.2, 0.25) is 0 Å². The number of nitrogens with one attached hydrogen (secondary N) is 22. The number of allylic oxidation sites excluding steroid dienone is 2. The van der Waals surface area contributed by atoms with E-state index < -0.39 is 240 Å². The monoisotopic (exact) mass is 1950 g/mol. The Kier molecular flexibility index (Phi) is 57.7. The van der Waals surface area contributed by atoms with Gasteiger partial charge in [0.2, 0.25) is 100 Å². The molecule has 1 aromatic rings. The number of carboxylic acid groups (broad SMARTS) is 1. The predicted octanol–water partition coefficient (Wildman–Crippen LogP) is -5.99. The van der Waals surface area contributed by atoms with Crippen molar-refractivity contribution in [3.8, 4) is 0 Å². The highest BCUT2D eigenvalue weighted by molar-refractivity contribution is 6.02. The van der Waals surface area contributed by atoms with Crippen molar-refractivity contribution in [1.29, 1.82) is 16.2 Å². The van der Waals surface area contributed by atoms with E-state index in [1.807, 2.05) is 6.92 Å². The highest BCUT2D eigenvalue weighted by atomic mass is 16.4. The molecule has 0 aliphatic carbocycles. The molecule has 37 N–H and O–H groups in total. The van der Waals surface area contributed by atoms with Gasteiger partial charge in [0.05, 0.1) is 12.7 Å². The number of hydrogen-bond acceptors (Lipinski definition) is 25. The van der Waals surface area contributed by atoms with Crippen LogP contribution >= 0.6 is 0 Å². The van der Waals surface area contributed by atoms with Crippen LogP contribution in [-0.4, -0.2) is 282 Å². The lowest BCUT2D eigenvalue weighted by atomic mass is 9.92. The number of amides is 17. The number of hydrogen-bond donors (Lipinski definition) is 31. The fourth-order valence-corrected chi connectivity index (χ4v) is 14.4. The van der Waals surface area contributed by atoms with E-state index >= 15 is 4.79 Å². The molecule has 17 amide bonds. The molecular formula is C89H154N28O21. The zero-order valence-electron chi connectivity index (χ0n) is 80.8. The summed E-state index contributed by atoms with van der Waals surface area (Å²) in [4.78, 5) is 253. The topological polar surface area (TPSA) is 824 Å². The zero-order chi connectivity index (χ0) is 104. The van der Waals surface area contributed by atoms with E-state index in [9.17, 15) is 96.8 Å². The summed E-state index contributed by atoms with van der Waals surface area (Å²) < 4.78 is 0. The molecule has 0 unspecified atom stereocenters. The number of aliphatic hydroxyl groups is 2. The molecule has 1 aliphatic heterocycles. The molecule has 2 rings (SSSR count). The Morgan fingerprint density at radius 3 is 1.41 bits per heavy atom. The van der Waals surface area contributed by atoms with Crippen LogP contribution in [0.25, 0.3) is 0 Å². The van der Waals surface area contributed by atoms with Crippen molar-refractivity contribution in [2.24, 2.45) is 46.2 Å². The minimum atomic E-state index is -2.05. The lowest BCUT2D eigenvalue weighted by Crippen LogP contribution is -2.65. The lowest BCUT2D eigenvalue weighted by molar-refractivity contribution is -0.139. The molecule has 1 heterocycles. The van der Waals surface area contributed by atoms with Crippen LogP contribution in [0.1, 0.15) is 228 Å². The quantitative estimate of drug-likeness (QED) is 0.0125. The standard InChI is InChI=1S/C89H154N28O21/c1-10-11-30-56(76(129)113-64(71(92)124)47-50(2)3)106-78(131)63(37-38-68(122)123)111-75(128)61(35-26-44-101-87(95)96)110-82(135)66(49-118)114-77(130)57(32-20-23-41-90)105-72(125)52(6)103-85(138)89(9)40-22-15-13-12-14-19-31-58(73(126)107-60(34-25-43-100-86(93)94)74(127)108-62(36-27-45-102-88(97)98)80(133)116-70(53(7)119)84(137)117-89)112-83(136)69(51(4)5)115-79(132)59(33-21-24-42-91)109-81(134)65(48-55-28-17-16-18-29-55)104-67(121)39-46-99-54(8)120/h12-13,16-18,28-29,50-53,56-66,69-70,118-119H,10-11,14-15,19-27,30-49,90-91H2,1-9H3,(H2,92,124)(H,99,120)(H,103,138)(H,104,121)(H,105,125)(H,106,131)(H,107,126)(H,108,127)(H,109,134)(H,110,135)(H,111,128)(H,112,136)(H,113,129)(H,114,130)(H,115,132)(H,116,133)(H,117,137)(H,122,123)(H4,93,94,100)(H4,95,96,101)(H4,97,98,102)/b13-12-/t52-,53+,56-,57-,58-,59-,60-,61-,62-,63-,64-,65-,66-,69-,70-,89-/m0/s1. The Morgan fingerprint density at radius 2 is 0.942 bits per heavy atom. The van der Waals surface area contributed by atoms with E-state index in [0.29, 0.717) is 31.2 Å². The predicted molar refractivity (Wildman–Crippen MR) is 511 cm³/mol. The molecule has 0 aromatic heterocycles. The summed E-state index contributed by atoms with van der Waals surface area (Å²) in [6.45, 7) is 12.6. The lowest BCUT2D eigenvalue weighted by Gasteiger charge is -2.34. The maximum Gasteiger partial charge on any atom is 0.303 e. The molecule has 0 saturated carbocycles. The number of rotatable bonds is 58. The molecule has 0 bridgehead atoms. The summed E-state index contributed by atoms with van der Waals surface area (Å²) >= 11 is 0. The fraction of sp³-hybridized carbons (Fsp3) is 0.674. The summed E-state index contributed by atoms with van der Waals surface area (Å²) in [5, 5.41) is 104. The Bertz CT molecular complexity index is 4200. The SMILES string of the molecule is CCCC[C@H](NC(=O)[C@H](CCC(=O)O)NC(=O)[C@H](CCCNC(=N)N)NC(=O)[C@H](CO)NC(=O)[C@H](CCCCN)NC(=O)[C@H](C)NC(=O)[C@]1(C)CCC/C=C\CCC[C@H](NC(=O)[C@@H](NC(=O)[C@H](CCCCN)NC(=O)[C@H](Cc2ccccc2)NC(=O)CCNC(C)=O)C(C)C)C(=O)N[C@@H](CCCNC(=N)N)C(=O)N[C@@H](CCCNC(=N)N)C(=O)N[C@@H]([C@@H](C)O)C(=O)N1)C(=O)N[C@@H](CC(C)C)C(N)=O. The molecule has 1 aromatic carbocycles. The summed E-state index contributed by atoms with van der Waals surface area (Å²) in [6.07, 6.45) is 1.96. The van der Waals surface area contributed by atoms with E-state index in [1.54, 1.807) is 70.2 Å². The van der Waals surface area contributed by atoms with Gasteiger partial charge in [0, 0.05) is 52.4 Å². The van der Waals surface area contributed by atoms with Crippen molar-refractivity contribution in [1.82, 2.24) is 101 Å². The molecule has 0 fully saturated rings. The fourth-order valence-electron chi connectivity index (χ4n) is 14.4. The van der Waals surface area contributed by atoms with Gasteiger partial charge in [-0.15, -0.1) is 0 Å². The number of aliphatic hydroxyl groups excluding tert-OH is 2. The normalized spacial score (nSPS) is 18.7. The van der Waals surface area contributed by atoms with Crippen molar-refractivity contribution in [3.05, 3.63) is 48.0 Å². The molecule has 49 heteroatoms. The summed E-state index contributed by atoms with van der Waals surface area (Å²) in [5.74, 6) is -19.1. The van der Waals surface area contributed by atoms with Crippen molar-refractivity contribution in [2.75, 3.05) is 45.9 Å². The van der Waals surface area contributed by atoms with Gasteiger partial charge in [-0.25, -0.2) is 0 Å². The van der Waals surface area contributed by atoms with Gasteiger partial charge in [0.1, 0.15) is 90.1 Å². The molecular weight excluding hydrogens is 1800 g/mol. The van der Waals surface area contributed by atoms with Crippen LogP contribution in [-0.2, 0) is 92.7 Å². The minimum absolute atomic E-state index is 0.00574. The maximum atomic E-state index is 15.0. The van der Waals surface area contributed by atoms with E-state index in [2.05, 4.69) is 101 Å². The van der Waals surface area contributed by atoms with Gasteiger partial charge >= 0.3 is 5.97 Å². The van der Waals surface area contributed by atoms with Crippen LogP contribution in [0.3, 0.4) is 0 Å². The van der Waals surface area contributed by atoms with E-state index in [0.717, 1.165) is 6.92 Å². The first-order valence-corrected chi connectivity index (χ1v) is 47.2. The number of nitrogens with two attached hydrogens (primary N) is 6. The second-order valence-electron chi connectivity index (χ2n) is 35.2. The zero-order valence-corrected chi connectivity index (χ0v) is 80.8. The van der Waals surface area contributed by atoms with Crippen molar-refractivity contribution < 1.29 is 102 Å². The van der Waals surface area contributed by atoms with Crippen molar-refractivity contribution >= 4 is 124 Å². The number of carbonyl (C=O) groups excluding carboxylic acids is 17. The van der Waals surface area contributed by atoms with E-state index in [4.69, 9.17) is 50.6 Å². The second-order valence-corrected chi connectivity index (χ2v) is 35.2. The van der Waals surface area contributed by atoms with Gasteiger partial charge in [-0.3, -0.25) is 103 Å². The van der Waals surface area contributed by atoms with Gasteiger partial charge in [-0.05, 0) is 186 Å². The number of guanidine groups is 3. The molecule has 49 nitrogen and oxygen atoms in total. The Labute approximate surface area is 805 Å². The summed E-state index contributed by atoms with van der Waals surface area (Å²) in [5.41, 5.74) is 32.5. The first kappa shape index (κ1) is 121. The maximum absolute atomic E-state index is 15.0. The van der Waals surface area contributed by atoms with Gasteiger partial charge in [0.15, 0.2) is 17.9 Å². The summed E-state index contributed by atoms with van der Waals surface area (Å²) in [7, 11) is 0. The number of carbonyl (C=O) groups is 18. The van der Waals surface area contributed by atoms with Crippen molar-refractivity contribution in [2.45, 2.75) is 325 Å². The highest BCUT2D eigenvalue weighted by Crippen LogP contribution is 2.20. The third-order valence-electron chi connectivity index (χ3n) is 22.3. The number of primary amides is 1. The summed E-state index contributed by atoms with van der Waals surface area (Å²) in [6, 6.07) is -12.6. The van der Waals surface area contributed by atoms with Crippen molar-refractivity contribution in [3.63, 3.8) is 0 Å². The second kappa shape index (κ2) is 65.7. The van der Waals surface area contributed by atoms with Crippen LogP contribution in [0.15, 0.2) is 42.5 Å². The smallest absolute Gasteiger partial charge is 0.303 e. The average Bonchev–Trinajstić information content (AvgIpc) is 0.851. The van der Waals surface area contributed by atoms with Gasteiger partial charge < -0.3 is 151 Å². The van der Waals surface area contributed by atoms with E-state index in [-0.39, 0.29) is 180 Å². The number of benzene rings is 1. The van der Waals surface area contributed by atoms with Crippen LogP contribution in [0.4, 0.5) is 0 Å². The number of aliphatic carboxylic acids is 1. The Morgan fingerprint density at radius 1 is 0.493 bits per heavy atom. The third kappa shape index (κ3) is 48.7. The average molecular weight is 1950 g/mol. The minimum Gasteiger partial charge on any atom is -0.481 e. The largest absolute Gasteiger partial charge is 0.481 e.